The standard InChI is InChI=1S/C20H25BO4/c1-14(2)12-24-20-10-17(7-8-19(20)23-3)15-5-4-6-16(9-15)18-11-21(22)25-13-18/h4-10,14,18,22H,11-13H2,1-3H3/t18-/m1/s1. The highest BCUT2D eigenvalue weighted by Gasteiger charge is 2.29. The maximum Gasteiger partial charge on any atom is 0.454 e. The number of methoxy groups -OCH3 is 1. The highest BCUT2D eigenvalue weighted by atomic mass is 16.5. The molecule has 1 N–H and O–H groups in total. The van der Waals surface area contributed by atoms with Gasteiger partial charge in [-0.15, -0.1) is 0 Å². The van der Waals surface area contributed by atoms with Crippen LogP contribution in [-0.2, 0) is 4.65 Å². The zero-order valence-electron chi connectivity index (χ0n) is 15.1. The summed E-state index contributed by atoms with van der Waals surface area (Å²) >= 11 is 0. The smallest absolute Gasteiger partial charge is 0.454 e. The minimum atomic E-state index is -0.648. The average molecular weight is 340 g/mol. The highest BCUT2D eigenvalue weighted by Crippen LogP contribution is 2.35. The maximum atomic E-state index is 9.59. The van der Waals surface area contributed by atoms with Crippen LogP contribution in [0.4, 0.5) is 0 Å². The van der Waals surface area contributed by atoms with E-state index in [0.29, 0.717) is 25.5 Å². The van der Waals surface area contributed by atoms with Crippen LogP contribution in [0, 0.1) is 5.92 Å². The minimum Gasteiger partial charge on any atom is -0.493 e. The highest BCUT2D eigenvalue weighted by molar-refractivity contribution is 6.43. The first kappa shape index (κ1) is 17.8. The largest absolute Gasteiger partial charge is 0.493 e. The summed E-state index contributed by atoms with van der Waals surface area (Å²) < 4.78 is 16.6. The molecule has 1 atom stereocenters. The van der Waals surface area contributed by atoms with Gasteiger partial charge in [0.25, 0.3) is 0 Å². The first-order chi connectivity index (χ1) is 12.1. The summed E-state index contributed by atoms with van der Waals surface area (Å²) in [7, 11) is 1.01. The van der Waals surface area contributed by atoms with Gasteiger partial charge in [0.05, 0.1) is 13.7 Å². The Bertz CT molecular complexity index is 717. The second kappa shape index (κ2) is 7.94. The molecule has 0 aliphatic carbocycles. The van der Waals surface area contributed by atoms with Gasteiger partial charge in [-0.1, -0.05) is 44.2 Å². The summed E-state index contributed by atoms with van der Waals surface area (Å²) in [5.41, 5.74) is 3.39. The van der Waals surface area contributed by atoms with Crippen LogP contribution in [0.1, 0.15) is 25.3 Å². The van der Waals surface area contributed by atoms with E-state index >= 15 is 0 Å². The van der Waals surface area contributed by atoms with Gasteiger partial charge in [0.2, 0.25) is 0 Å². The van der Waals surface area contributed by atoms with Crippen LogP contribution in [0.5, 0.6) is 11.5 Å². The molecule has 0 saturated carbocycles. The van der Waals surface area contributed by atoms with E-state index in [4.69, 9.17) is 14.1 Å². The van der Waals surface area contributed by atoms with Crippen molar-refractivity contribution >= 4 is 7.12 Å². The summed E-state index contributed by atoms with van der Waals surface area (Å²) in [5, 5.41) is 9.59. The van der Waals surface area contributed by atoms with Gasteiger partial charge in [0, 0.05) is 12.5 Å². The molecular formula is C20H25BO4. The topological polar surface area (TPSA) is 47.9 Å². The van der Waals surface area contributed by atoms with Crippen molar-refractivity contribution in [3.63, 3.8) is 0 Å². The molecule has 2 aromatic rings. The lowest BCUT2D eigenvalue weighted by molar-refractivity contribution is 0.257. The molecule has 0 aromatic heterocycles. The lowest BCUT2D eigenvalue weighted by atomic mass is 9.79. The Morgan fingerprint density at radius 3 is 2.64 bits per heavy atom. The Kier molecular flexibility index (Phi) is 5.66. The van der Waals surface area contributed by atoms with Crippen molar-refractivity contribution in [1.29, 1.82) is 0 Å². The van der Waals surface area contributed by atoms with E-state index in [-0.39, 0.29) is 5.92 Å². The number of ether oxygens (including phenoxy) is 2. The zero-order valence-corrected chi connectivity index (χ0v) is 15.1. The van der Waals surface area contributed by atoms with Crippen LogP contribution in [0.15, 0.2) is 42.5 Å². The van der Waals surface area contributed by atoms with Gasteiger partial charge in [-0.25, -0.2) is 0 Å². The van der Waals surface area contributed by atoms with Crippen LogP contribution in [0.2, 0.25) is 6.32 Å². The molecule has 1 aliphatic heterocycles. The van der Waals surface area contributed by atoms with Crippen LogP contribution >= 0.6 is 0 Å². The molecule has 1 fully saturated rings. The van der Waals surface area contributed by atoms with Crippen molar-refractivity contribution in [1.82, 2.24) is 0 Å². The summed E-state index contributed by atoms with van der Waals surface area (Å²) in [5.74, 6) is 2.20. The summed E-state index contributed by atoms with van der Waals surface area (Å²) in [6.07, 6.45) is 0.648. The molecule has 0 bridgehead atoms. The van der Waals surface area contributed by atoms with Gasteiger partial charge in [0.15, 0.2) is 11.5 Å². The predicted octanol–water partition coefficient (Wildman–Crippen LogP) is 3.99. The fraction of sp³-hybridized carbons (Fsp3) is 0.400. The lowest BCUT2D eigenvalue weighted by Gasteiger charge is -2.15. The van der Waals surface area contributed by atoms with E-state index in [2.05, 4.69) is 32.0 Å². The fourth-order valence-electron chi connectivity index (χ4n) is 3.04. The van der Waals surface area contributed by atoms with E-state index in [9.17, 15) is 5.02 Å². The molecule has 132 valence electrons. The maximum absolute atomic E-state index is 9.59. The average Bonchev–Trinajstić information content (AvgIpc) is 3.06. The number of rotatable bonds is 6. The molecule has 25 heavy (non-hydrogen) atoms. The van der Waals surface area contributed by atoms with E-state index in [1.807, 2.05) is 24.3 Å². The molecule has 1 aliphatic rings. The van der Waals surface area contributed by atoms with Crippen LogP contribution in [0.3, 0.4) is 0 Å². The zero-order chi connectivity index (χ0) is 17.8. The Balaban J connectivity index is 1.87. The number of hydrogen-bond acceptors (Lipinski definition) is 4. The molecule has 1 heterocycles. The molecule has 2 aromatic carbocycles. The molecule has 0 radical (unpaired) electrons. The van der Waals surface area contributed by atoms with Crippen molar-refractivity contribution < 1.29 is 19.2 Å². The Hall–Kier alpha value is -1.98. The second-order valence-electron chi connectivity index (χ2n) is 6.92. The molecule has 3 rings (SSSR count). The quantitative estimate of drug-likeness (QED) is 0.808. The van der Waals surface area contributed by atoms with Gasteiger partial charge < -0.3 is 19.2 Å². The number of benzene rings is 2. The molecule has 0 spiro atoms. The molecular weight excluding hydrogens is 315 g/mol. The first-order valence-electron chi connectivity index (χ1n) is 8.77. The van der Waals surface area contributed by atoms with Crippen molar-refractivity contribution in [3.05, 3.63) is 48.0 Å². The Morgan fingerprint density at radius 1 is 1.16 bits per heavy atom. The molecule has 5 heteroatoms. The van der Waals surface area contributed by atoms with Gasteiger partial charge in [0.1, 0.15) is 0 Å². The number of hydrogen-bond donors (Lipinski definition) is 1. The van der Waals surface area contributed by atoms with Crippen molar-refractivity contribution in [2.45, 2.75) is 26.1 Å². The van der Waals surface area contributed by atoms with Gasteiger partial charge in [-0.2, -0.15) is 0 Å². The normalized spacial score (nSPS) is 17.2. The van der Waals surface area contributed by atoms with Gasteiger partial charge in [-0.05, 0) is 41.1 Å². The fourth-order valence-corrected chi connectivity index (χ4v) is 3.04. The van der Waals surface area contributed by atoms with Crippen molar-refractivity contribution in [2.75, 3.05) is 20.3 Å². The third kappa shape index (κ3) is 4.36. The van der Waals surface area contributed by atoms with E-state index < -0.39 is 7.12 Å². The van der Waals surface area contributed by atoms with Crippen LogP contribution < -0.4 is 9.47 Å². The van der Waals surface area contributed by atoms with Crippen LogP contribution in [-0.4, -0.2) is 32.5 Å². The van der Waals surface area contributed by atoms with Crippen molar-refractivity contribution in [3.8, 4) is 22.6 Å². The van der Waals surface area contributed by atoms with E-state index in [0.717, 1.165) is 22.6 Å². The van der Waals surface area contributed by atoms with Crippen LogP contribution in [0.25, 0.3) is 11.1 Å². The SMILES string of the molecule is COc1ccc(-c2cccc([C@H]3COB(O)C3)c2)cc1OCC(C)C. The Labute approximate surface area is 149 Å². The third-order valence-electron chi connectivity index (χ3n) is 4.40. The van der Waals surface area contributed by atoms with Gasteiger partial charge >= 0.3 is 7.12 Å². The third-order valence-corrected chi connectivity index (χ3v) is 4.40. The molecule has 0 amide bonds. The lowest BCUT2D eigenvalue weighted by Crippen LogP contribution is -2.07. The van der Waals surface area contributed by atoms with Gasteiger partial charge in [-0.3, -0.25) is 0 Å². The van der Waals surface area contributed by atoms with Crippen molar-refractivity contribution in [2.24, 2.45) is 5.92 Å². The minimum absolute atomic E-state index is 0.241. The van der Waals surface area contributed by atoms with E-state index in [1.165, 1.54) is 5.56 Å². The monoisotopic (exact) mass is 340 g/mol. The predicted molar refractivity (Wildman–Crippen MR) is 100 cm³/mol. The van der Waals surface area contributed by atoms with E-state index in [1.54, 1.807) is 7.11 Å². The summed E-state index contributed by atoms with van der Waals surface area (Å²) in [6.45, 7) is 5.46. The molecule has 4 nitrogen and oxygen atoms in total. The summed E-state index contributed by atoms with van der Waals surface area (Å²) in [6, 6.07) is 14.4. The molecule has 0 unspecified atom stereocenters. The molecule has 1 saturated heterocycles. The summed E-state index contributed by atoms with van der Waals surface area (Å²) in [4.78, 5) is 0. The second-order valence-corrected chi connectivity index (χ2v) is 6.92. The first-order valence-corrected chi connectivity index (χ1v) is 8.77. The Morgan fingerprint density at radius 2 is 1.96 bits per heavy atom.